The van der Waals surface area contributed by atoms with Crippen molar-refractivity contribution in [3.05, 3.63) is 109 Å². The van der Waals surface area contributed by atoms with Gasteiger partial charge in [0.25, 0.3) is 0 Å². The number of aryl methyl sites for hydroxylation is 1. The molecule has 0 fully saturated rings. The zero-order valence-electron chi connectivity index (χ0n) is 21.2. The predicted molar refractivity (Wildman–Crippen MR) is 149 cm³/mol. The van der Waals surface area contributed by atoms with Gasteiger partial charge in [0.2, 0.25) is 5.69 Å². The van der Waals surface area contributed by atoms with Crippen molar-refractivity contribution in [3.8, 4) is 45.0 Å². The van der Waals surface area contributed by atoms with Crippen LogP contribution < -0.4 is 14.0 Å². The molecule has 0 spiro atoms. The molecule has 0 aliphatic carbocycles. The lowest BCUT2D eigenvalue weighted by Crippen LogP contribution is -2.35. The molecular weight excluding hydrogens is 442 g/mol. The van der Waals surface area contributed by atoms with E-state index < -0.39 is 0 Å². The first-order valence-electron chi connectivity index (χ1n) is 12.0. The zero-order valence-corrected chi connectivity index (χ0v) is 21.2. The molecule has 0 aliphatic rings. The lowest BCUT2D eigenvalue weighted by Gasteiger charge is -2.16. The van der Waals surface area contributed by atoms with Crippen LogP contribution in [0, 0.1) is 6.92 Å². The zero-order chi connectivity index (χ0) is 25.2. The number of fused-ring (bicyclic) bond motifs is 1. The fourth-order valence-corrected chi connectivity index (χ4v) is 4.99. The number of methoxy groups -OCH3 is 2. The molecule has 0 amide bonds. The monoisotopic (exact) mass is 472 g/mol. The molecule has 0 aliphatic heterocycles. The largest absolute Gasteiger partial charge is 0.493 e. The molecule has 0 N–H and O–H groups in total. The fourth-order valence-electron chi connectivity index (χ4n) is 4.99. The van der Waals surface area contributed by atoms with Crippen LogP contribution >= 0.6 is 0 Å². The number of benzene rings is 4. The summed E-state index contributed by atoms with van der Waals surface area (Å²) in [4.78, 5) is 0. The molecule has 0 radical (unpaired) electrons. The third kappa shape index (κ3) is 4.03. The molecule has 4 aromatic carbocycles. The third-order valence-corrected chi connectivity index (χ3v) is 6.90. The Morgan fingerprint density at radius 3 is 1.75 bits per heavy atom. The molecule has 0 saturated carbocycles. The van der Waals surface area contributed by atoms with Crippen LogP contribution in [0.2, 0.25) is 0 Å². The summed E-state index contributed by atoms with van der Waals surface area (Å²) in [6, 6.07) is 32.2. The highest BCUT2D eigenvalue weighted by atomic mass is 16.5. The summed E-state index contributed by atoms with van der Waals surface area (Å²) in [5.74, 6) is 1.40. The molecule has 3 nitrogen and oxygen atoms in total. The lowest BCUT2D eigenvalue weighted by molar-refractivity contribution is -0.665. The third-order valence-electron chi connectivity index (χ3n) is 6.90. The van der Waals surface area contributed by atoms with E-state index in [9.17, 15) is 0 Å². The van der Waals surface area contributed by atoms with Crippen LogP contribution in [0.3, 0.4) is 0 Å². The Labute approximate surface area is 212 Å². The maximum atomic E-state index is 5.70. The van der Waals surface area contributed by atoms with Crippen LogP contribution in [0.5, 0.6) is 11.5 Å². The molecule has 0 bridgehead atoms. The van der Waals surface area contributed by atoms with Gasteiger partial charge in [0.05, 0.1) is 19.6 Å². The average Bonchev–Trinajstić information content (AvgIpc) is 2.94. The smallest absolute Gasteiger partial charge is 0.213 e. The highest BCUT2D eigenvalue weighted by Crippen LogP contribution is 2.40. The second-order valence-electron chi connectivity index (χ2n) is 8.90. The summed E-state index contributed by atoms with van der Waals surface area (Å²) in [5, 5.41) is 2.19. The molecule has 1 heterocycles. The standard InChI is InChI=1S/C33H30NO2/c1-6-29-32-22(2)34(3)30(20-28(32)21-31(35-4)33(29)36-5)27-18-25(23-13-9-7-10-14-23)17-26(19-27)24-15-11-8-12-16-24/h6-21H,1H2,2-5H3/q+1. The number of ether oxygens (including phenoxy) is 2. The van der Waals surface area contributed by atoms with E-state index in [2.05, 4.69) is 116 Å². The lowest BCUT2D eigenvalue weighted by atomic mass is 9.93. The first-order chi connectivity index (χ1) is 17.5. The van der Waals surface area contributed by atoms with Gasteiger partial charge in [-0.3, -0.25) is 0 Å². The van der Waals surface area contributed by atoms with Gasteiger partial charge in [0, 0.05) is 24.1 Å². The van der Waals surface area contributed by atoms with E-state index in [4.69, 9.17) is 9.47 Å². The van der Waals surface area contributed by atoms with Crippen molar-refractivity contribution in [3.63, 3.8) is 0 Å². The van der Waals surface area contributed by atoms with Gasteiger partial charge in [-0.25, -0.2) is 0 Å². The van der Waals surface area contributed by atoms with E-state index in [0.29, 0.717) is 11.5 Å². The normalized spacial score (nSPS) is 10.9. The van der Waals surface area contributed by atoms with Crippen LogP contribution in [0.1, 0.15) is 11.3 Å². The van der Waals surface area contributed by atoms with Crippen LogP contribution in [0.15, 0.2) is 97.6 Å². The molecule has 3 heteroatoms. The summed E-state index contributed by atoms with van der Waals surface area (Å²) < 4.78 is 13.6. The fraction of sp³-hybridized carbons (Fsp3) is 0.121. The number of nitrogens with zero attached hydrogens (tertiary/aromatic N) is 1. The Morgan fingerprint density at radius 1 is 0.694 bits per heavy atom. The van der Waals surface area contributed by atoms with E-state index in [-0.39, 0.29) is 0 Å². The Balaban J connectivity index is 1.81. The molecule has 1 aromatic heterocycles. The van der Waals surface area contributed by atoms with Gasteiger partial charge >= 0.3 is 0 Å². The van der Waals surface area contributed by atoms with Gasteiger partial charge < -0.3 is 9.47 Å². The van der Waals surface area contributed by atoms with E-state index in [0.717, 1.165) is 33.3 Å². The SMILES string of the molecule is C=Cc1c(OC)c(OC)cc2cc(-c3cc(-c4ccccc4)cc(-c4ccccc4)c3)[n+](C)c(C)c12. The summed E-state index contributed by atoms with van der Waals surface area (Å²) in [6.07, 6.45) is 1.85. The second kappa shape index (κ2) is 9.71. The molecule has 0 unspecified atom stereocenters. The number of pyridine rings is 1. The van der Waals surface area contributed by atoms with Gasteiger partial charge in [-0.1, -0.05) is 73.3 Å². The molecule has 5 aromatic rings. The molecular formula is C33H30NO2+. The van der Waals surface area contributed by atoms with E-state index in [1.54, 1.807) is 14.2 Å². The van der Waals surface area contributed by atoms with Crippen LogP contribution in [0.4, 0.5) is 0 Å². The first kappa shape index (κ1) is 23.4. The van der Waals surface area contributed by atoms with Crippen LogP contribution in [-0.2, 0) is 7.05 Å². The molecule has 0 atom stereocenters. The first-order valence-corrected chi connectivity index (χ1v) is 12.0. The summed E-state index contributed by atoms with van der Waals surface area (Å²) in [5.41, 5.74) is 9.09. The maximum Gasteiger partial charge on any atom is 0.213 e. The Hall–Kier alpha value is -4.37. The van der Waals surface area contributed by atoms with E-state index in [1.807, 2.05) is 6.08 Å². The van der Waals surface area contributed by atoms with Crippen molar-refractivity contribution in [2.75, 3.05) is 14.2 Å². The molecule has 5 rings (SSSR count). The summed E-state index contributed by atoms with van der Waals surface area (Å²) in [7, 11) is 5.45. The number of hydrogen-bond acceptors (Lipinski definition) is 2. The Kier molecular flexibility index (Phi) is 6.30. The van der Waals surface area contributed by atoms with Crippen molar-refractivity contribution in [1.82, 2.24) is 0 Å². The van der Waals surface area contributed by atoms with Gasteiger partial charge in [-0.05, 0) is 51.9 Å². The van der Waals surface area contributed by atoms with Crippen molar-refractivity contribution >= 4 is 16.8 Å². The van der Waals surface area contributed by atoms with Crippen molar-refractivity contribution in [1.29, 1.82) is 0 Å². The predicted octanol–water partition coefficient (Wildman–Crippen LogP) is 7.63. The molecule has 36 heavy (non-hydrogen) atoms. The van der Waals surface area contributed by atoms with E-state index >= 15 is 0 Å². The molecule has 178 valence electrons. The Morgan fingerprint density at radius 2 is 1.25 bits per heavy atom. The van der Waals surface area contributed by atoms with E-state index in [1.165, 1.54) is 22.3 Å². The minimum absolute atomic E-state index is 0.696. The summed E-state index contributed by atoms with van der Waals surface area (Å²) >= 11 is 0. The second-order valence-corrected chi connectivity index (χ2v) is 8.90. The van der Waals surface area contributed by atoms with Crippen molar-refractivity contribution in [2.24, 2.45) is 7.05 Å². The minimum Gasteiger partial charge on any atom is -0.493 e. The van der Waals surface area contributed by atoms with Crippen LogP contribution in [0.25, 0.3) is 50.4 Å². The van der Waals surface area contributed by atoms with Crippen molar-refractivity contribution in [2.45, 2.75) is 6.92 Å². The van der Waals surface area contributed by atoms with Gasteiger partial charge in [-0.15, -0.1) is 0 Å². The number of rotatable bonds is 6. The van der Waals surface area contributed by atoms with Gasteiger partial charge in [0.15, 0.2) is 17.2 Å². The Bertz CT molecular complexity index is 1510. The highest BCUT2D eigenvalue weighted by molar-refractivity contribution is 5.97. The van der Waals surface area contributed by atoms with Crippen LogP contribution in [-0.4, -0.2) is 14.2 Å². The highest BCUT2D eigenvalue weighted by Gasteiger charge is 2.23. The average molecular weight is 473 g/mol. The number of aromatic nitrogens is 1. The maximum absolute atomic E-state index is 5.70. The number of hydrogen-bond donors (Lipinski definition) is 0. The minimum atomic E-state index is 0.696. The molecule has 0 saturated heterocycles. The summed E-state index contributed by atoms with van der Waals surface area (Å²) in [6.45, 7) is 6.20. The van der Waals surface area contributed by atoms with Gasteiger partial charge in [0.1, 0.15) is 7.05 Å². The quantitative estimate of drug-likeness (QED) is 0.237. The topological polar surface area (TPSA) is 22.3 Å². The van der Waals surface area contributed by atoms with Gasteiger partial charge in [-0.2, -0.15) is 4.57 Å². The van der Waals surface area contributed by atoms with Crippen molar-refractivity contribution < 1.29 is 14.0 Å².